The van der Waals surface area contributed by atoms with Crippen LogP contribution in [0.3, 0.4) is 0 Å². The number of pyridine rings is 1. The zero-order valence-electron chi connectivity index (χ0n) is 20.0. The maximum absolute atomic E-state index is 12.1. The number of aromatic nitrogens is 3. The van der Waals surface area contributed by atoms with Crippen molar-refractivity contribution in [1.29, 1.82) is 0 Å². The Hall–Kier alpha value is -3.84. The molecule has 0 N–H and O–H groups in total. The van der Waals surface area contributed by atoms with E-state index in [-0.39, 0.29) is 17.5 Å². The molecule has 0 spiro atoms. The minimum Gasteiger partial charge on any atom is -0.494 e. The molecule has 0 aliphatic carbocycles. The summed E-state index contributed by atoms with van der Waals surface area (Å²) < 4.78 is 9.16. The lowest BCUT2D eigenvalue weighted by Gasteiger charge is -2.34. The number of hydrogen-bond donors (Lipinski definition) is 0. The van der Waals surface area contributed by atoms with E-state index in [9.17, 15) is 4.79 Å². The van der Waals surface area contributed by atoms with Crippen molar-refractivity contribution >= 4 is 29.4 Å². The molecule has 7 nitrogen and oxygen atoms in total. The van der Waals surface area contributed by atoms with E-state index in [0.717, 1.165) is 33.9 Å². The number of fused-ring (bicyclic) bond motifs is 1. The molecular formula is C27H26ClN5O2. The highest BCUT2D eigenvalue weighted by Crippen LogP contribution is 2.45. The van der Waals surface area contributed by atoms with Crippen molar-refractivity contribution in [2.24, 2.45) is 12.0 Å². The van der Waals surface area contributed by atoms with Crippen LogP contribution in [-0.2, 0) is 7.05 Å². The minimum absolute atomic E-state index is 0.0710. The van der Waals surface area contributed by atoms with Gasteiger partial charge in [0.05, 0.1) is 30.9 Å². The van der Waals surface area contributed by atoms with E-state index in [2.05, 4.69) is 18.7 Å². The number of rotatable bonds is 5. The van der Waals surface area contributed by atoms with Crippen molar-refractivity contribution < 1.29 is 4.74 Å². The molecule has 1 aliphatic heterocycles. The van der Waals surface area contributed by atoms with E-state index < -0.39 is 0 Å². The second-order valence-electron chi connectivity index (χ2n) is 8.80. The maximum atomic E-state index is 12.1. The molecule has 2 aromatic heterocycles. The number of aryl methyl sites for hydroxylation is 1. The molecule has 4 aromatic rings. The number of methoxy groups -OCH3 is 1. The van der Waals surface area contributed by atoms with Gasteiger partial charge in [0, 0.05) is 29.9 Å². The van der Waals surface area contributed by atoms with Crippen LogP contribution in [0.5, 0.6) is 5.75 Å². The molecule has 2 aromatic carbocycles. The first-order chi connectivity index (χ1) is 16.9. The quantitative estimate of drug-likeness (QED) is 0.366. The van der Waals surface area contributed by atoms with Gasteiger partial charge >= 0.3 is 0 Å². The fourth-order valence-electron chi connectivity index (χ4n) is 4.58. The van der Waals surface area contributed by atoms with Gasteiger partial charge in [-0.25, -0.2) is 9.67 Å². The van der Waals surface area contributed by atoms with E-state index in [0.29, 0.717) is 10.8 Å². The van der Waals surface area contributed by atoms with Gasteiger partial charge in [0.1, 0.15) is 11.4 Å². The third-order valence-electron chi connectivity index (χ3n) is 6.21. The molecule has 0 amide bonds. The topological polar surface area (TPSA) is 64.7 Å². The monoisotopic (exact) mass is 487 g/mol. The second-order valence-corrected chi connectivity index (χ2v) is 9.24. The summed E-state index contributed by atoms with van der Waals surface area (Å²) in [5.41, 5.74) is 4.71. The molecule has 0 fully saturated rings. The lowest BCUT2D eigenvalue weighted by molar-refractivity contribution is 0.411. The Morgan fingerprint density at radius 3 is 2.46 bits per heavy atom. The van der Waals surface area contributed by atoms with Crippen molar-refractivity contribution in [2.75, 3.05) is 12.0 Å². The number of aliphatic imine (C=N–C) groups is 1. The first-order valence-electron chi connectivity index (χ1n) is 11.4. The Balaban J connectivity index is 1.78. The molecule has 0 radical (unpaired) electrons. The molecule has 35 heavy (non-hydrogen) atoms. The summed E-state index contributed by atoms with van der Waals surface area (Å²) in [7, 11) is 3.41. The molecule has 0 bridgehead atoms. The van der Waals surface area contributed by atoms with Crippen LogP contribution in [0, 0.1) is 0 Å². The number of nitrogens with zero attached hydrogens (tertiary/aromatic N) is 5. The van der Waals surface area contributed by atoms with Gasteiger partial charge in [0.25, 0.3) is 0 Å². The first-order valence-corrected chi connectivity index (χ1v) is 11.8. The predicted octanol–water partition coefficient (Wildman–Crippen LogP) is 5.63. The van der Waals surface area contributed by atoms with Crippen LogP contribution >= 0.6 is 11.6 Å². The van der Waals surface area contributed by atoms with Gasteiger partial charge in [-0.15, -0.1) is 5.10 Å². The summed E-state index contributed by atoms with van der Waals surface area (Å²) in [6.45, 7) is 4.30. The molecule has 3 heterocycles. The Bertz CT molecular complexity index is 1470. The van der Waals surface area contributed by atoms with Crippen molar-refractivity contribution in [3.05, 3.63) is 99.1 Å². The largest absolute Gasteiger partial charge is 0.494 e. The van der Waals surface area contributed by atoms with E-state index in [1.165, 1.54) is 0 Å². The molecule has 0 saturated heterocycles. The average molecular weight is 488 g/mol. The van der Waals surface area contributed by atoms with E-state index >= 15 is 0 Å². The summed E-state index contributed by atoms with van der Waals surface area (Å²) in [6.07, 6.45) is 3.60. The van der Waals surface area contributed by atoms with Crippen LogP contribution in [0.1, 0.15) is 42.6 Å². The zero-order chi connectivity index (χ0) is 24.7. The summed E-state index contributed by atoms with van der Waals surface area (Å²) in [6, 6.07) is 18.8. The fourth-order valence-corrected chi connectivity index (χ4v) is 4.70. The molecule has 178 valence electrons. The average Bonchev–Trinajstić information content (AvgIpc) is 3.25. The van der Waals surface area contributed by atoms with Gasteiger partial charge in [0.15, 0.2) is 5.82 Å². The Labute approximate surface area is 208 Å². The SMILES string of the molecule is COc1ccccc1-n1nc2c(c1C(C)C)C(c1ccc(Cl)cc1)N(c1ccc(=O)n(C)c1)C=N2. The van der Waals surface area contributed by atoms with Crippen LogP contribution < -0.4 is 15.2 Å². The highest BCUT2D eigenvalue weighted by molar-refractivity contribution is 6.30. The van der Waals surface area contributed by atoms with Crippen molar-refractivity contribution in [2.45, 2.75) is 25.8 Å². The minimum atomic E-state index is -0.224. The van der Waals surface area contributed by atoms with Crippen LogP contribution in [0.25, 0.3) is 5.69 Å². The fraction of sp³-hybridized carbons (Fsp3) is 0.222. The van der Waals surface area contributed by atoms with Gasteiger partial charge in [-0.2, -0.15) is 0 Å². The number of halogens is 1. The smallest absolute Gasteiger partial charge is 0.250 e. The van der Waals surface area contributed by atoms with Crippen LogP contribution in [-0.4, -0.2) is 27.8 Å². The van der Waals surface area contributed by atoms with Crippen molar-refractivity contribution in [3.8, 4) is 11.4 Å². The molecule has 1 unspecified atom stereocenters. The zero-order valence-corrected chi connectivity index (χ0v) is 20.8. The van der Waals surface area contributed by atoms with E-state index in [4.69, 9.17) is 26.4 Å². The number of hydrogen-bond acceptors (Lipinski definition) is 5. The molecule has 1 aliphatic rings. The third kappa shape index (κ3) is 4.02. The first kappa shape index (κ1) is 22.9. The van der Waals surface area contributed by atoms with Gasteiger partial charge in [-0.3, -0.25) is 4.79 Å². The molecule has 0 saturated carbocycles. The predicted molar refractivity (Wildman–Crippen MR) is 140 cm³/mol. The normalized spacial score (nSPS) is 14.9. The molecule has 5 rings (SSSR count). The summed E-state index contributed by atoms with van der Waals surface area (Å²) in [5, 5.41) is 5.60. The lowest BCUT2D eigenvalue weighted by atomic mass is 9.92. The second kappa shape index (κ2) is 9.07. The number of anilines is 1. The third-order valence-corrected chi connectivity index (χ3v) is 6.46. The standard InChI is InChI=1S/C27H26ClN5O2/c1-17(2)25-24-26(18-9-11-19(28)12-10-18)32(20-13-14-23(34)31(3)15-20)16-29-27(24)30-33(25)21-7-5-6-8-22(21)35-4/h5-17,26H,1-4H3. The lowest BCUT2D eigenvalue weighted by Crippen LogP contribution is -2.32. The van der Waals surface area contributed by atoms with Crippen LogP contribution in [0.15, 0.2) is 76.6 Å². The molecular weight excluding hydrogens is 462 g/mol. The van der Waals surface area contributed by atoms with Crippen LogP contribution in [0.2, 0.25) is 5.02 Å². The van der Waals surface area contributed by atoms with Gasteiger partial charge in [-0.1, -0.05) is 49.7 Å². The number of benzene rings is 2. The van der Waals surface area contributed by atoms with Gasteiger partial charge < -0.3 is 14.2 Å². The molecule has 8 heteroatoms. The number of para-hydroxylation sites is 2. The Morgan fingerprint density at radius 2 is 1.77 bits per heavy atom. The van der Waals surface area contributed by atoms with E-state index in [1.54, 1.807) is 31.1 Å². The van der Waals surface area contributed by atoms with Crippen LogP contribution in [0.4, 0.5) is 11.5 Å². The summed E-state index contributed by atoms with van der Waals surface area (Å²) in [5.74, 6) is 1.53. The van der Waals surface area contributed by atoms with E-state index in [1.807, 2.05) is 65.5 Å². The highest BCUT2D eigenvalue weighted by atomic mass is 35.5. The van der Waals surface area contributed by atoms with Gasteiger partial charge in [0.2, 0.25) is 5.56 Å². The Kier molecular flexibility index (Phi) is 5.94. The van der Waals surface area contributed by atoms with Crippen molar-refractivity contribution in [1.82, 2.24) is 14.3 Å². The molecule has 1 atom stereocenters. The maximum Gasteiger partial charge on any atom is 0.250 e. The van der Waals surface area contributed by atoms with Gasteiger partial charge in [-0.05, 0) is 41.8 Å². The highest BCUT2D eigenvalue weighted by Gasteiger charge is 2.35. The Morgan fingerprint density at radius 1 is 1.03 bits per heavy atom. The summed E-state index contributed by atoms with van der Waals surface area (Å²) >= 11 is 6.23. The number of ether oxygens (including phenoxy) is 1. The van der Waals surface area contributed by atoms with Crippen molar-refractivity contribution in [3.63, 3.8) is 0 Å². The summed E-state index contributed by atoms with van der Waals surface area (Å²) in [4.78, 5) is 18.9.